The molecule has 5 rings (SSSR count). The SMILES string of the molecule is O=c1c(Br)c2ncnc(NCc3cccc(C(F)F)c3F)c2cn1C1CC12CC2. The van der Waals surface area contributed by atoms with Crippen molar-refractivity contribution < 1.29 is 13.2 Å². The fourth-order valence-electron chi connectivity index (χ4n) is 3.98. The predicted molar refractivity (Wildman–Crippen MR) is 106 cm³/mol. The van der Waals surface area contributed by atoms with E-state index in [-0.39, 0.29) is 29.1 Å². The fraction of sp³-hybridized carbons (Fsp3) is 0.350. The zero-order valence-corrected chi connectivity index (χ0v) is 16.7. The summed E-state index contributed by atoms with van der Waals surface area (Å²) in [6.45, 7) is -0.0252. The number of nitrogens with zero attached hydrogens (tertiary/aromatic N) is 3. The van der Waals surface area contributed by atoms with Gasteiger partial charge in [-0.3, -0.25) is 4.79 Å². The van der Waals surface area contributed by atoms with E-state index in [1.807, 2.05) is 0 Å². The summed E-state index contributed by atoms with van der Waals surface area (Å²) in [4.78, 5) is 21.2. The van der Waals surface area contributed by atoms with E-state index in [0.717, 1.165) is 25.3 Å². The molecule has 5 nitrogen and oxygen atoms in total. The highest BCUT2D eigenvalue weighted by atomic mass is 79.9. The molecule has 2 aliphatic rings. The van der Waals surface area contributed by atoms with Crippen molar-refractivity contribution in [2.75, 3.05) is 5.32 Å². The van der Waals surface area contributed by atoms with Gasteiger partial charge in [-0.1, -0.05) is 18.2 Å². The molecule has 0 bridgehead atoms. The molecule has 9 heteroatoms. The third-order valence-corrected chi connectivity index (χ3v) is 6.66. The van der Waals surface area contributed by atoms with Crippen molar-refractivity contribution in [1.29, 1.82) is 0 Å². The summed E-state index contributed by atoms with van der Waals surface area (Å²) < 4.78 is 42.3. The molecule has 0 saturated heterocycles. The summed E-state index contributed by atoms with van der Waals surface area (Å²) in [6.07, 6.45) is 3.44. The maximum Gasteiger partial charge on any atom is 0.267 e. The van der Waals surface area contributed by atoms with Crippen LogP contribution < -0.4 is 10.9 Å². The van der Waals surface area contributed by atoms with Gasteiger partial charge in [0.05, 0.1) is 16.5 Å². The third kappa shape index (κ3) is 3.02. The molecule has 0 radical (unpaired) electrons. The number of benzene rings is 1. The van der Waals surface area contributed by atoms with Crippen LogP contribution in [0, 0.1) is 11.2 Å². The van der Waals surface area contributed by atoms with E-state index in [0.29, 0.717) is 21.2 Å². The van der Waals surface area contributed by atoms with E-state index in [2.05, 4.69) is 31.2 Å². The van der Waals surface area contributed by atoms with Crippen molar-refractivity contribution >= 4 is 32.7 Å². The number of hydrogen-bond acceptors (Lipinski definition) is 4. The number of hydrogen-bond donors (Lipinski definition) is 1. The summed E-state index contributed by atoms with van der Waals surface area (Å²) in [5, 5.41) is 3.63. The van der Waals surface area contributed by atoms with Crippen LogP contribution in [-0.4, -0.2) is 14.5 Å². The zero-order chi connectivity index (χ0) is 20.3. The molecule has 1 atom stereocenters. The molecular formula is C20H16BrF3N4O. The van der Waals surface area contributed by atoms with E-state index >= 15 is 0 Å². The van der Waals surface area contributed by atoms with Crippen LogP contribution in [0.25, 0.3) is 10.9 Å². The molecule has 1 N–H and O–H groups in total. The fourth-order valence-corrected chi connectivity index (χ4v) is 4.50. The summed E-state index contributed by atoms with van der Waals surface area (Å²) in [6, 6.07) is 4.10. The van der Waals surface area contributed by atoms with E-state index < -0.39 is 17.8 Å². The van der Waals surface area contributed by atoms with Gasteiger partial charge in [0, 0.05) is 24.3 Å². The Balaban J connectivity index is 1.51. The van der Waals surface area contributed by atoms with Gasteiger partial charge in [-0.2, -0.15) is 0 Å². The normalized spacial score (nSPS) is 19.1. The van der Waals surface area contributed by atoms with E-state index in [9.17, 15) is 18.0 Å². The highest BCUT2D eigenvalue weighted by Gasteiger charge is 2.64. The Morgan fingerprint density at radius 3 is 2.79 bits per heavy atom. The Kier molecular flexibility index (Phi) is 4.20. The third-order valence-electron chi connectivity index (χ3n) is 5.95. The molecule has 2 saturated carbocycles. The first-order valence-corrected chi connectivity index (χ1v) is 10.1. The van der Waals surface area contributed by atoms with Crippen molar-refractivity contribution in [2.45, 2.75) is 38.3 Å². The van der Waals surface area contributed by atoms with Gasteiger partial charge in [0.2, 0.25) is 0 Å². The van der Waals surface area contributed by atoms with Crippen molar-refractivity contribution in [3.8, 4) is 0 Å². The van der Waals surface area contributed by atoms with Crippen LogP contribution in [0.3, 0.4) is 0 Å². The number of aromatic nitrogens is 3. The second-order valence-corrected chi connectivity index (χ2v) is 8.49. The average Bonchev–Trinajstić information content (AvgIpc) is 3.63. The Morgan fingerprint density at radius 2 is 2.10 bits per heavy atom. The first-order chi connectivity index (χ1) is 13.9. The molecule has 3 aromatic rings. The molecule has 1 aromatic carbocycles. The Bertz CT molecular complexity index is 1190. The maximum atomic E-state index is 14.3. The molecule has 0 aliphatic heterocycles. The summed E-state index contributed by atoms with van der Waals surface area (Å²) >= 11 is 3.36. The largest absolute Gasteiger partial charge is 0.365 e. The molecule has 1 spiro atoms. The molecule has 150 valence electrons. The lowest BCUT2D eigenvalue weighted by Crippen LogP contribution is -2.21. The van der Waals surface area contributed by atoms with Crippen LogP contribution in [-0.2, 0) is 6.54 Å². The Labute approximate surface area is 172 Å². The van der Waals surface area contributed by atoms with Gasteiger partial charge >= 0.3 is 0 Å². The summed E-state index contributed by atoms with van der Waals surface area (Å²) in [5.41, 5.74) is 0.0829. The second-order valence-electron chi connectivity index (χ2n) is 7.70. The minimum atomic E-state index is -2.88. The number of alkyl halides is 2. The number of nitrogens with one attached hydrogen (secondary N) is 1. The number of anilines is 1. The van der Waals surface area contributed by atoms with Crippen molar-refractivity contribution in [3.63, 3.8) is 0 Å². The van der Waals surface area contributed by atoms with E-state index in [1.165, 1.54) is 18.5 Å². The smallest absolute Gasteiger partial charge is 0.267 e. The standard InChI is InChI=1S/C20H16BrF3N4O/c21-14-16-12(8-28(19(14)29)13-6-20(13)4-5-20)18(27-9-26-16)25-7-10-2-1-3-11(15(10)22)17(23)24/h1-3,8-9,13,17H,4-7H2,(H,25,26,27). The maximum absolute atomic E-state index is 14.3. The Hall–Kier alpha value is -2.42. The van der Waals surface area contributed by atoms with Gasteiger partial charge in [-0.05, 0) is 40.6 Å². The minimum absolute atomic E-state index is 0.0252. The van der Waals surface area contributed by atoms with Crippen LogP contribution in [0.4, 0.5) is 19.0 Å². The van der Waals surface area contributed by atoms with Crippen LogP contribution in [0.1, 0.15) is 42.9 Å². The zero-order valence-electron chi connectivity index (χ0n) is 15.1. The number of pyridine rings is 1. The molecular weight excluding hydrogens is 449 g/mol. The first kappa shape index (κ1) is 18.6. The van der Waals surface area contributed by atoms with Crippen LogP contribution >= 0.6 is 15.9 Å². The number of fused-ring (bicyclic) bond motifs is 1. The van der Waals surface area contributed by atoms with Crippen molar-refractivity contribution in [1.82, 2.24) is 14.5 Å². The lowest BCUT2D eigenvalue weighted by atomic mass is 10.1. The van der Waals surface area contributed by atoms with E-state index in [1.54, 1.807) is 10.8 Å². The highest BCUT2D eigenvalue weighted by molar-refractivity contribution is 9.10. The van der Waals surface area contributed by atoms with Crippen LogP contribution in [0.5, 0.6) is 0 Å². The van der Waals surface area contributed by atoms with Gasteiger partial charge in [0.15, 0.2) is 0 Å². The molecule has 1 unspecified atom stereocenters. The molecule has 2 aromatic heterocycles. The van der Waals surface area contributed by atoms with Gasteiger partial charge in [-0.25, -0.2) is 23.1 Å². The number of halogens is 4. The van der Waals surface area contributed by atoms with Crippen molar-refractivity contribution in [3.05, 3.63) is 62.5 Å². The summed E-state index contributed by atoms with van der Waals surface area (Å²) in [7, 11) is 0. The van der Waals surface area contributed by atoms with Crippen LogP contribution in [0.15, 0.2) is 40.0 Å². The summed E-state index contributed by atoms with van der Waals surface area (Å²) in [5.74, 6) is -0.517. The Morgan fingerprint density at radius 1 is 1.31 bits per heavy atom. The molecule has 0 amide bonds. The predicted octanol–water partition coefficient (Wildman–Crippen LogP) is 4.97. The van der Waals surface area contributed by atoms with Gasteiger partial charge in [0.1, 0.15) is 22.4 Å². The van der Waals surface area contributed by atoms with Crippen molar-refractivity contribution in [2.24, 2.45) is 5.41 Å². The monoisotopic (exact) mass is 464 g/mol. The highest BCUT2D eigenvalue weighted by Crippen LogP contribution is 2.72. The first-order valence-electron chi connectivity index (χ1n) is 9.26. The van der Waals surface area contributed by atoms with E-state index in [4.69, 9.17) is 0 Å². The number of rotatable bonds is 5. The quantitative estimate of drug-likeness (QED) is 0.579. The average molecular weight is 465 g/mol. The lowest BCUT2D eigenvalue weighted by Gasteiger charge is -2.13. The second kappa shape index (κ2) is 6.55. The molecule has 2 aliphatic carbocycles. The minimum Gasteiger partial charge on any atom is -0.365 e. The van der Waals surface area contributed by atoms with Crippen LogP contribution in [0.2, 0.25) is 0 Å². The molecule has 2 heterocycles. The molecule has 2 fully saturated rings. The van der Waals surface area contributed by atoms with Gasteiger partial charge in [-0.15, -0.1) is 0 Å². The van der Waals surface area contributed by atoms with Gasteiger partial charge in [0.25, 0.3) is 12.0 Å². The topological polar surface area (TPSA) is 59.8 Å². The molecule has 29 heavy (non-hydrogen) atoms. The van der Waals surface area contributed by atoms with Gasteiger partial charge < -0.3 is 9.88 Å². The lowest BCUT2D eigenvalue weighted by molar-refractivity contribution is 0.146.